The smallest absolute Gasteiger partial charge is 0.185 e. The van der Waals surface area contributed by atoms with Crippen molar-refractivity contribution in [3.05, 3.63) is 124 Å². The lowest BCUT2D eigenvalue weighted by molar-refractivity contribution is 0.103. The number of carbonyl (C=O) groups is 2. The minimum absolute atomic E-state index is 0.0807. The maximum Gasteiger partial charge on any atom is 0.185 e. The summed E-state index contributed by atoms with van der Waals surface area (Å²) in [7, 11) is 6.35. The molecule has 6 rings (SSSR count). The average molecular weight is 673 g/mol. The topological polar surface area (TPSA) is 89.5 Å². The van der Waals surface area contributed by atoms with E-state index >= 15 is 0 Å². The summed E-state index contributed by atoms with van der Waals surface area (Å²) in [6.07, 6.45) is 11.3. The number of rotatable bonds is 11. The van der Waals surface area contributed by atoms with E-state index in [9.17, 15) is 9.59 Å². The standard InChI is InChI=1S/C42H40O8/c1-42(2)18-17-34-40-30(19-29(41(34)50-42)14-16-37(44)27-10-8-12-33(22-27)46-4)20-31(25-49-40)35-23-28(38(47-5)24-39(35)48-6)13-15-36(43)26-9-7-11-32(21-26)45-3/h7-19,21-24,31H,20,25H2,1-6H3/b15-13+,16-14+/t31-/m0/s1. The molecule has 4 aromatic carbocycles. The minimum atomic E-state index is -0.536. The van der Waals surface area contributed by atoms with Gasteiger partial charge in [0.1, 0.15) is 40.1 Å². The first kappa shape index (κ1) is 34.1. The molecule has 2 heterocycles. The van der Waals surface area contributed by atoms with E-state index in [4.69, 9.17) is 28.4 Å². The van der Waals surface area contributed by atoms with E-state index in [2.05, 4.69) is 0 Å². The monoisotopic (exact) mass is 672 g/mol. The minimum Gasteiger partial charge on any atom is -0.497 e. The third-order valence-electron chi connectivity index (χ3n) is 8.84. The number of hydrogen-bond donors (Lipinski definition) is 0. The molecule has 8 nitrogen and oxygen atoms in total. The molecule has 0 bridgehead atoms. The molecule has 0 aromatic heterocycles. The fourth-order valence-electron chi connectivity index (χ4n) is 6.23. The van der Waals surface area contributed by atoms with Crippen LogP contribution in [0.1, 0.15) is 68.3 Å². The van der Waals surface area contributed by atoms with E-state index in [0.717, 1.165) is 33.6 Å². The molecule has 0 unspecified atom stereocenters. The summed E-state index contributed by atoms with van der Waals surface area (Å²) in [5.41, 5.74) is 4.76. The molecule has 0 fully saturated rings. The summed E-state index contributed by atoms with van der Waals surface area (Å²) in [5, 5.41) is 0. The molecule has 2 aliphatic rings. The number of benzene rings is 4. The van der Waals surface area contributed by atoms with Crippen LogP contribution in [0.3, 0.4) is 0 Å². The Morgan fingerprint density at radius 3 is 1.96 bits per heavy atom. The van der Waals surface area contributed by atoms with Crippen molar-refractivity contribution < 1.29 is 38.0 Å². The van der Waals surface area contributed by atoms with Gasteiger partial charge in [-0.3, -0.25) is 9.59 Å². The van der Waals surface area contributed by atoms with Gasteiger partial charge in [0, 0.05) is 39.8 Å². The Bertz CT molecular complexity index is 2030. The zero-order chi connectivity index (χ0) is 35.4. The number of hydrogen-bond acceptors (Lipinski definition) is 8. The Morgan fingerprint density at radius 1 is 0.740 bits per heavy atom. The molecule has 50 heavy (non-hydrogen) atoms. The molecule has 0 amide bonds. The lowest BCUT2D eigenvalue weighted by Gasteiger charge is -2.34. The fraction of sp³-hybridized carbons (Fsp3) is 0.238. The Labute approximate surface area is 292 Å². The number of ether oxygens (including phenoxy) is 6. The van der Waals surface area contributed by atoms with E-state index in [0.29, 0.717) is 52.9 Å². The van der Waals surface area contributed by atoms with Crippen molar-refractivity contribution in [1.82, 2.24) is 0 Å². The lowest BCUT2D eigenvalue weighted by Crippen LogP contribution is -2.29. The third kappa shape index (κ3) is 7.15. The van der Waals surface area contributed by atoms with Gasteiger partial charge in [-0.15, -0.1) is 0 Å². The van der Waals surface area contributed by atoms with Gasteiger partial charge < -0.3 is 28.4 Å². The Hall–Kier alpha value is -5.76. The van der Waals surface area contributed by atoms with Gasteiger partial charge in [-0.05, 0) is 98.7 Å². The number of allylic oxidation sites excluding steroid dienone is 2. The van der Waals surface area contributed by atoms with Crippen LogP contribution >= 0.6 is 0 Å². The number of fused-ring (bicyclic) bond motifs is 3. The largest absolute Gasteiger partial charge is 0.497 e. The summed E-state index contributed by atoms with van der Waals surface area (Å²) >= 11 is 0. The molecular formula is C42H40O8. The van der Waals surface area contributed by atoms with Crippen LogP contribution in [0, 0.1) is 0 Å². The van der Waals surface area contributed by atoms with Crippen LogP contribution in [0.5, 0.6) is 34.5 Å². The zero-order valence-electron chi connectivity index (χ0n) is 29.1. The predicted octanol–water partition coefficient (Wildman–Crippen LogP) is 8.42. The van der Waals surface area contributed by atoms with Crippen LogP contribution < -0.4 is 28.4 Å². The second-order valence-electron chi connectivity index (χ2n) is 12.6. The molecule has 4 aromatic rings. The van der Waals surface area contributed by atoms with Gasteiger partial charge >= 0.3 is 0 Å². The average Bonchev–Trinajstić information content (AvgIpc) is 3.14. The van der Waals surface area contributed by atoms with Gasteiger partial charge in [-0.2, -0.15) is 0 Å². The fourth-order valence-corrected chi connectivity index (χ4v) is 6.23. The van der Waals surface area contributed by atoms with Gasteiger partial charge in [-0.25, -0.2) is 0 Å². The molecule has 2 aliphatic heterocycles. The highest BCUT2D eigenvalue weighted by atomic mass is 16.5. The van der Waals surface area contributed by atoms with Crippen LogP contribution in [0.25, 0.3) is 18.2 Å². The first-order valence-corrected chi connectivity index (χ1v) is 16.3. The van der Waals surface area contributed by atoms with Gasteiger partial charge in [-0.1, -0.05) is 24.3 Å². The molecule has 0 saturated heterocycles. The highest BCUT2D eigenvalue weighted by Crippen LogP contribution is 2.47. The second kappa shape index (κ2) is 14.4. The molecule has 8 heteroatoms. The number of methoxy groups -OCH3 is 4. The lowest BCUT2D eigenvalue weighted by atomic mass is 9.85. The van der Waals surface area contributed by atoms with Crippen molar-refractivity contribution in [3.63, 3.8) is 0 Å². The van der Waals surface area contributed by atoms with Crippen molar-refractivity contribution in [2.24, 2.45) is 0 Å². The van der Waals surface area contributed by atoms with E-state index in [1.54, 1.807) is 95.2 Å². The first-order valence-electron chi connectivity index (χ1n) is 16.3. The Morgan fingerprint density at radius 2 is 1.36 bits per heavy atom. The molecule has 0 spiro atoms. The third-order valence-corrected chi connectivity index (χ3v) is 8.84. The van der Waals surface area contributed by atoms with Crippen LogP contribution in [-0.4, -0.2) is 52.2 Å². The molecular weight excluding hydrogens is 632 g/mol. The van der Waals surface area contributed by atoms with E-state index in [1.165, 1.54) is 6.08 Å². The molecule has 0 aliphatic carbocycles. The van der Waals surface area contributed by atoms with E-state index in [1.807, 2.05) is 44.2 Å². The molecule has 0 saturated carbocycles. The summed E-state index contributed by atoms with van der Waals surface area (Å²) in [4.78, 5) is 26.2. The van der Waals surface area contributed by atoms with Crippen molar-refractivity contribution in [1.29, 1.82) is 0 Å². The number of ketones is 2. The molecule has 0 radical (unpaired) electrons. The van der Waals surface area contributed by atoms with E-state index < -0.39 is 5.60 Å². The Kier molecular flexibility index (Phi) is 9.81. The van der Waals surface area contributed by atoms with Crippen LogP contribution in [0.15, 0.2) is 85.0 Å². The van der Waals surface area contributed by atoms with Crippen molar-refractivity contribution >= 4 is 29.8 Å². The zero-order valence-corrected chi connectivity index (χ0v) is 29.1. The van der Waals surface area contributed by atoms with Gasteiger partial charge in [0.25, 0.3) is 0 Å². The maximum atomic E-state index is 13.2. The second-order valence-corrected chi connectivity index (χ2v) is 12.6. The summed E-state index contributed by atoms with van der Waals surface area (Å²) in [5.74, 6) is 3.49. The van der Waals surface area contributed by atoms with Crippen molar-refractivity contribution in [2.45, 2.75) is 31.8 Å². The van der Waals surface area contributed by atoms with Crippen LogP contribution in [0.4, 0.5) is 0 Å². The van der Waals surface area contributed by atoms with Gasteiger partial charge in [0.2, 0.25) is 0 Å². The maximum absolute atomic E-state index is 13.2. The first-order chi connectivity index (χ1) is 24.1. The van der Waals surface area contributed by atoms with E-state index in [-0.39, 0.29) is 17.5 Å². The molecule has 0 N–H and O–H groups in total. The quantitative estimate of drug-likeness (QED) is 0.116. The summed E-state index contributed by atoms with van der Waals surface area (Å²) < 4.78 is 35.1. The normalized spacial score (nSPS) is 15.8. The molecule has 1 atom stereocenters. The highest BCUT2D eigenvalue weighted by Gasteiger charge is 2.32. The summed E-state index contributed by atoms with van der Waals surface area (Å²) in [6.45, 7) is 4.38. The number of carbonyl (C=O) groups excluding carboxylic acids is 2. The van der Waals surface area contributed by atoms with Crippen LogP contribution in [0.2, 0.25) is 0 Å². The Balaban J connectivity index is 1.34. The van der Waals surface area contributed by atoms with Crippen molar-refractivity contribution in [3.8, 4) is 34.5 Å². The van der Waals surface area contributed by atoms with Gasteiger partial charge in [0.15, 0.2) is 11.6 Å². The SMILES string of the molecule is COc1cccc(C(=O)/C=C/c2cc([C@@H]3COc4c(cc(/C=C/C(=O)c5cccc(OC)c5)c5c4C=CC(C)(C)O5)C3)c(OC)cc2OC)c1. The summed E-state index contributed by atoms with van der Waals surface area (Å²) in [6, 6.07) is 20.0. The van der Waals surface area contributed by atoms with Crippen LogP contribution in [-0.2, 0) is 6.42 Å². The highest BCUT2D eigenvalue weighted by molar-refractivity contribution is 6.08. The van der Waals surface area contributed by atoms with Crippen molar-refractivity contribution in [2.75, 3.05) is 35.0 Å². The van der Waals surface area contributed by atoms with Gasteiger partial charge in [0.05, 0.1) is 40.6 Å². The predicted molar refractivity (Wildman–Crippen MR) is 194 cm³/mol. The molecule has 256 valence electrons.